The number of carbonyl (C=O) groups excluding carboxylic acids is 1. The number of nitrogens with one attached hydrogen (secondary N) is 1. The van der Waals surface area contributed by atoms with Crippen LogP contribution in [-0.2, 0) is 4.79 Å². The molecular formula is C21H32N2O. The molecule has 2 saturated heterocycles. The lowest BCUT2D eigenvalue weighted by molar-refractivity contribution is -0.147. The van der Waals surface area contributed by atoms with Crippen molar-refractivity contribution in [2.75, 3.05) is 26.2 Å². The van der Waals surface area contributed by atoms with Crippen LogP contribution >= 0.6 is 0 Å². The van der Waals surface area contributed by atoms with Crippen LogP contribution in [0.1, 0.15) is 57.8 Å². The average molecular weight is 329 g/mol. The van der Waals surface area contributed by atoms with Gasteiger partial charge in [-0.1, -0.05) is 0 Å². The van der Waals surface area contributed by atoms with Gasteiger partial charge in [-0.15, -0.1) is 0 Å². The molecule has 3 heteroatoms. The first-order valence-corrected chi connectivity index (χ1v) is 10.7. The molecule has 24 heavy (non-hydrogen) atoms. The predicted octanol–water partition coefficient (Wildman–Crippen LogP) is 3.05. The molecule has 0 aromatic rings. The van der Waals surface area contributed by atoms with E-state index in [9.17, 15) is 4.79 Å². The summed E-state index contributed by atoms with van der Waals surface area (Å²) in [5.41, 5.74) is 0.641. The molecule has 0 radical (unpaired) electrons. The van der Waals surface area contributed by atoms with Gasteiger partial charge < -0.3 is 10.2 Å². The predicted molar refractivity (Wildman–Crippen MR) is 93.3 cm³/mol. The molecular weight excluding hydrogens is 296 g/mol. The number of nitrogens with zero attached hydrogens (tertiary/aromatic N) is 1. The highest BCUT2D eigenvalue weighted by atomic mass is 16.2. The molecule has 4 saturated carbocycles. The molecule has 5 unspecified atom stereocenters. The van der Waals surface area contributed by atoms with Crippen LogP contribution in [0.2, 0.25) is 0 Å². The highest BCUT2D eigenvalue weighted by Crippen LogP contribution is 2.70. The van der Waals surface area contributed by atoms with Crippen LogP contribution in [-0.4, -0.2) is 37.0 Å². The van der Waals surface area contributed by atoms with Gasteiger partial charge in [0.05, 0.1) is 5.41 Å². The molecule has 0 aromatic heterocycles. The highest BCUT2D eigenvalue weighted by molar-refractivity contribution is 5.84. The van der Waals surface area contributed by atoms with Gasteiger partial charge in [0.25, 0.3) is 0 Å². The van der Waals surface area contributed by atoms with Crippen molar-refractivity contribution in [1.29, 1.82) is 0 Å². The van der Waals surface area contributed by atoms with E-state index < -0.39 is 0 Å². The van der Waals surface area contributed by atoms with Crippen LogP contribution in [0.3, 0.4) is 0 Å². The SMILES string of the molecule is O=C(N1CC2CNCC2C1)C12CCC(CC1C13CCC(CC1)C3)C2. The summed E-state index contributed by atoms with van der Waals surface area (Å²) in [6, 6.07) is 0. The maximum Gasteiger partial charge on any atom is 0.229 e. The molecule has 4 bridgehead atoms. The van der Waals surface area contributed by atoms with Crippen molar-refractivity contribution in [2.45, 2.75) is 57.8 Å². The smallest absolute Gasteiger partial charge is 0.229 e. The van der Waals surface area contributed by atoms with E-state index in [0.717, 1.165) is 55.8 Å². The Hall–Kier alpha value is -0.570. The fourth-order valence-electron chi connectivity index (χ4n) is 8.50. The Morgan fingerprint density at radius 2 is 1.62 bits per heavy atom. The van der Waals surface area contributed by atoms with Crippen LogP contribution in [0.25, 0.3) is 0 Å². The highest BCUT2D eigenvalue weighted by Gasteiger charge is 2.65. The quantitative estimate of drug-likeness (QED) is 0.845. The summed E-state index contributed by atoms with van der Waals surface area (Å²) in [6.07, 6.45) is 12.5. The van der Waals surface area contributed by atoms with Crippen LogP contribution in [0.4, 0.5) is 0 Å². The zero-order chi connectivity index (χ0) is 15.9. The van der Waals surface area contributed by atoms with E-state index in [-0.39, 0.29) is 5.41 Å². The molecule has 1 amide bonds. The Kier molecular flexibility index (Phi) is 2.90. The van der Waals surface area contributed by atoms with Crippen molar-refractivity contribution in [3.05, 3.63) is 0 Å². The molecule has 0 spiro atoms. The molecule has 1 N–H and O–H groups in total. The molecule has 2 heterocycles. The number of carbonyl (C=O) groups is 1. The van der Waals surface area contributed by atoms with Crippen molar-refractivity contribution in [2.24, 2.45) is 40.4 Å². The van der Waals surface area contributed by atoms with Gasteiger partial charge in [-0.2, -0.15) is 0 Å². The molecule has 6 rings (SSSR count). The van der Waals surface area contributed by atoms with Gasteiger partial charge in [0.1, 0.15) is 0 Å². The largest absolute Gasteiger partial charge is 0.342 e. The first kappa shape index (κ1) is 14.6. The molecule has 6 fully saturated rings. The van der Waals surface area contributed by atoms with Crippen LogP contribution in [0, 0.1) is 40.4 Å². The van der Waals surface area contributed by atoms with Crippen molar-refractivity contribution in [3.63, 3.8) is 0 Å². The normalized spacial score (nSPS) is 54.8. The third kappa shape index (κ3) is 1.75. The lowest BCUT2D eigenvalue weighted by atomic mass is 9.59. The summed E-state index contributed by atoms with van der Waals surface area (Å²) in [7, 11) is 0. The fourth-order valence-corrected chi connectivity index (χ4v) is 8.50. The van der Waals surface area contributed by atoms with Crippen molar-refractivity contribution >= 4 is 5.91 Å². The maximum absolute atomic E-state index is 13.8. The van der Waals surface area contributed by atoms with E-state index in [4.69, 9.17) is 0 Å². The van der Waals surface area contributed by atoms with Crippen LogP contribution < -0.4 is 5.32 Å². The molecule has 0 aromatic carbocycles. The Morgan fingerprint density at radius 3 is 2.25 bits per heavy atom. The molecule has 4 aliphatic carbocycles. The Bertz CT molecular complexity index is 554. The standard InChI is InChI=1S/C21H32N2O/c24-19(23-12-16-10-22-11-17(16)13-23)21-6-3-15(9-21)7-18(21)20-4-1-14(8-20)2-5-20/h14-18,22H,1-13H2. The van der Waals surface area contributed by atoms with Gasteiger partial charge in [0, 0.05) is 26.2 Å². The van der Waals surface area contributed by atoms with Gasteiger partial charge in [0.15, 0.2) is 0 Å². The minimum atomic E-state index is 0.0654. The van der Waals surface area contributed by atoms with E-state index >= 15 is 0 Å². The van der Waals surface area contributed by atoms with E-state index in [1.165, 1.54) is 57.8 Å². The van der Waals surface area contributed by atoms with Crippen molar-refractivity contribution in [3.8, 4) is 0 Å². The van der Waals surface area contributed by atoms with E-state index in [2.05, 4.69) is 10.2 Å². The second kappa shape index (κ2) is 4.78. The second-order valence-corrected chi connectivity index (χ2v) is 10.5. The van der Waals surface area contributed by atoms with Crippen molar-refractivity contribution in [1.82, 2.24) is 10.2 Å². The number of hydrogen-bond acceptors (Lipinski definition) is 2. The van der Waals surface area contributed by atoms with E-state index in [1.54, 1.807) is 0 Å². The molecule has 5 atom stereocenters. The molecule has 6 aliphatic rings. The first-order valence-electron chi connectivity index (χ1n) is 10.7. The Balaban J connectivity index is 1.30. The summed E-state index contributed by atoms with van der Waals surface area (Å²) in [4.78, 5) is 16.1. The van der Waals surface area contributed by atoms with E-state index in [0.29, 0.717) is 11.3 Å². The number of hydrogen-bond donors (Lipinski definition) is 1. The molecule has 132 valence electrons. The first-order chi connectivity index (χ1) is 11.7. The number of likely N-dealkylation sites (tertiary alicyclic amines) is 1. The lowest BCUT2D eigenvalue weighted by Gasteiger charge is -2.46. The Labute approximate surface area is 145 Å². The maximum atomic E-state index is 13.8. The summed E-state index contributed by atoms with van der Waals surface area (Å²) >= 11 is 0. The summed E-state index contributed by atoms with van der Waals surface area (Å²) in [6.45, 7) is 4.37. The average Bonchev–Trinajstić information content (AvgIpc) is 3.41. The van der Waals surface area contributed by atoms with Gasteiger partial charge in [-0.3, -0.25) is 4.79 Å². The summed E-state index contributed by atoms with van der Waals surface area (Å²) < 4.78 is 0. The third-order valence-corrected chi connectivity index (χ3v) is 9.53. The second-order valence-electron chi connectivity index (χ2n) is 10.5. The summed E-state index contributed by atoms with van der Waals surface area (Å²) in [5, 5.41) is 3.52. The number of fused-ring (bicyclic) bond motifs is 5. The van der Waals surface area contributed by atoms with Crippen LogP contribution in [0.15, 0.2) is 0 Å². The fraction of sp³-hybridized carbons (Fsp3) is 0.952. The van der Waals surface area contributed by atoms with Crippen molar-refractivity contribution < 1.29 is 4.79 Å². The van der Waals surface area contributed by atoms with E-state index in [1.807, 2.05) is 0 Å². The Morgan fingerprint density at radius 1 is 0.917 bits per heavy atom. The summed E-state index contributed by atoms with van der Waals surface area (Å²) in [5.74, 6) is 4.70. The number of amides is 1. The lowest BCUT2D eigenvalue weighted by Crippen LogP contribution is -2.49. The molecule has 2 aliphatic heterocycles. The monoisotopic (exact) mass is 328 g/mol. The zero-order valence-corrected chi connectivity index (χ0v) is 14.9. The van der Waals surface area contributed by atoms with Gasteiger partial charge in [0.2, 0.25) is 5.91 Å². The topological polar surface area (TPSA) is 32.3 Å². The van der Waals surface area contributed by atoms with Gasteiger partial charge in [-0.05, 0) is 92.8 Å². The van der Waals surface area contributed by atoms with Gasteiger partial charge >= 0.3 is 0 Å². The zero-order valence-electron chi connectivity index (χ0n) is 14.9. The minimum Gasteiger partial charge on any atom is -0.342 e. The van der Waals surface area contributed by atoms with Crippen LogP contribution in [0.5, 0.6) is 0 Å². The van der Waals surface area contributed by atoms with Gasteiger partial charge in [-0.25, -0.2) is 0 Å². The third-order valence-electron chi connectivity index (χ3n) is 9.53. The molecule has 3 nitrogen and oxygen atoms in total. The number of rotatable bonds is 2. The minimum absolute atomic E-state index is 0.0654.